The first-order valence-corrected chi connectivity index (χ1v) is 7.49. The molecule has 3 N–H and O–H groups in total. The second-order valence-electron chi connectivity index (χ2n) is 4.84. The average Bonchev–Trinajstić information content (AvgIpc) is 2.55. The number of nitrogens with zero attached hydrogens (tertiary/aromatic N) is 2. The standard InChI is InChI=1S/C17H12Cl2N2O.ClH.H2O/c18-13-7-4-8-16-17(13)14(19)9-10-21(16)11-15(20-22)12-5-2-1-3-6-12;;/h1-10H,11H2;1H;1H2/b20-15-;;. The van der Waals surface area contributed by atoms with Crippen LogP contribution in [0.5, 0.6) is 0 Å². The fraction of sp³-hybridized carbons (Fsp3) is 0.0588. The van der Waals surface area contributed by atoms with Gasteiger partial charge in [-0.25, -0.2) is 0 Å². The van der Waals surface area contributed by atoms with Gasteiger partial charge < -0.3 is 23.1 Å². The summed E-state index contributed by atoms with van der Waals surface area (Å²) in [4.78, 5) is 0. The monoisotopic (exact) mass is 384 g/mol. The highest BCUT2D eigenvalue weighted by Crippen LogP contribution is 2.27. The summed E-state index contributed by atoms with van der Waals surface area (Å²) >= 11 is 12.5. The van der Waals surface area contributed by atoms with Gasteiger partial charge in [0.05, 0.1) is 15.4 Å². The van der Waals surface area contributed by atoms with Crippen molar-refractivity contribution in [2.24, 2.45) is 5.16 Å². The summed E-state index contributed by atoms with van der Waals surface area (Å²) in [5.41, 5.74) is 2.31. The summed E-state index contributed by atoms with van der Waals surface area (Å²) in [6, 6.07) is 16.9. The van der Waals surface area contributed by atoms with Crippen LogP contribution in [-0.2, 0) is 6.54 Å². The van der Waals surface area contributed by atoms with Crippen molar-refractivity contribution in [1.82, 2.24) is 0 Å². The second-order valence-corrected chi connectivity index (χ2v) is 5.65. The number of hydrogen-bond donors (Lipinski definition) is 1. The highest BCUT2D eigenvalue weighted by molar-refractivity contribution is 6.41. The van der Waals surface area contributed by atoms with Crippen LogP contribution in [0.15, 0.2) is 65.9 Å². The van der Waals surface area contributed by atoms with E-state index in [-0.39, 0.29) is 17.9 Å². The molecular weight excluding hydrogens is 371 g/mol. The normalized spacial score (nSPS) is 10.8. The lowest BCUT2D eigenvalue weighted by Gasteiger charge is -2.06. The zero-order chi connectivity index (χ0) is 15.5. The highest BCUT2D eigenvalue weighted by Gasteiger charge is 2.17. The van der Waals surface area contributed by atoms with E-state index in [0.717, 1.165) is 16.5 Å². The molecule has 0 atom stereocenters. The van der Waals surface area contributed by atoms with Crippen molar-refractivity contribution in [1.29, 1.82) is 0 Å². The van der Waals surface area contributed by atoms with Gasteiger partial charge >= 0.3 is 0 Å². The molecule has 3 rings (SSSR count). The van der Waals surface area contributed by atoms with Gasteiger partial charge in [-0.1, -0.05) is 64.8 Å². The van der Waals surface area contributed by atoms with Gasteiger partial charge in [-0.15, -0.1) is 0 Å². The molecule has 1 aromatic heterocycles. The van der Waals surface area contributed by atoms with E-state index < -0.39 is 0 Å². The number of aromatic nitrogens is 1. The molecule has 0 aliphatic heterocycles. The Bertz CT molecular complexity index is 847. The van der Waals surface area contributed by atoms with E-state index in [0.29, 0.717) is 22.3 Å². The molecular formula is C17H15Cl3N2O2. The summed E-state index contributed by atoms with van der Waals surface area (Å²) in [7, 11) is 0. The van der Waals surface area contributed by atoms with Crippen LogP contribution in [-0.4, -0.2) is 16.4 Å². The minimum absolute atomic E-state index is 0. The smallest absolute Gasteiger partial charge is 0.215 e. The maximum atomic E-state index is 9.34. The Kier molecular flexibility index (Phi) is 7.45. The quantitative estimate of drug-likeness (QED) is 0.303. The molecule has 0 amide bonds. The van der Waals surface area contributed by atoms with Crippen molar-refractivity contribution >= 4 is 39.8 Å². The molecule has 0 fully saturated rings. The van der Waals surface area contributed by atoms with E-state index >= 15 is 0 Å². The van der Waals surface area contributed by atoms with Crippen molar-refractivity contribution in [3.8, 4) is 0 Å². The molecule has 0 saturated carbocycles. The van der Waals surface area contributed by atoms with Gasteiger partial charge in [-0.05, 0) is 6.07 Å². The van der Waals surface area contributed by atoms with Gasteiger partial charge in [-0.2, -0.15) is 4.57 Å². The number of hydrogen-bond acceptors (Lipinski definition) is 2. The fourth-order valence-corrected chi connectivity index (χ4v) is 2.99. The summed E-state index contributed by atoms with van der Waals surface area (Å²) in [5.74, 6) is 0. The zero-order valence-electron chi connectivity index (χ0n) is 12.5. The van der Waals surface area contributed by atoms with Crippen LogP contribution in [0.25, 0.3) is 10.9 Å². The van der Waals surface area contributed by atoms with E-state index in [2.05, 4.69) is 5.16 Å². The van der Waals surface area contributed by atoms with Crippen LogP contribution in [0.1, 0.15) is 5.56 Å². The lowest BCUT2D eigenvalue weighted by Crippen LogP contribution is -3.00. The number of fused-ring (bicyclic) bond motifs is 1. The third-order valence-corrected chi connectivity index (χ3v) is 4.12. The molecule has 0 spiro atoms. The van der Waals surface area contributed by atoms with Crippen LogP contribution in [0.3, 0.4) is 0 Å². The van der Waals surface area contributed by atoms with Crippen molar-refractivity contribution < 1.29 is 27.7 Å². The molecule has 3 aromatic rings. The van der Waals surface area contributed by atoms with Crippen LogP contribution in [0.2, 0.25) is 10.0 Å². The average molecular weight is 386 g/mol. The summed E-state index contributed by atoms with van der Waals surface area (Å²) in [5, 5.41) is 14.8. The summed E-state index contributed by atoms with van der Waals surface area (Å²) in [6.07, 6.45) is 1.86. The lowest BCUT2D eigenvalue weighted by atomic mass is 10.1. The topological polar surface area (TPSA) is 68.0 Å². The number of oxime groups is 1. The minimum atomic E-state index is 0. The molecule has 0 aliphatic carbocycles. The van der Waals surface area contributed by atoms with Gasteiger partial charge in [0.15, 0.2) is 18.5 Å². The zero-order valence-corrected chi connectivity index (χ0v) is 14.7. The van der Waals surface area contributed by atoms with Gasteiger partial charge in [-0.3, -0.25) is 0 Å². The van der Waals surface area contributed by atoms with Gasteiger partial charge in [0.1, 0.15) is 0 Å². The maximum absolute atomic E-state index is 9.34. The van der Waals surface area contributed by atoms with E-state index in [9.17, 15) is 5.21 Å². The summed E-state index contributed by atoms with van der Waals surface area (Å²) in [6.45, 7) is 0.411. The number of halogens is 3. The van der Waals surface area contributed by atoms with E-state index in [1.165, 1.54) is 0 Å². The summed E-state index contributed by atoms with van der Waals surface area (Å²) < 4.78 is 1.95. The Balaban J connectivity index is 0.00000144. The predicted molar refractivity (Wildman–Crippen MR) is 92.5 cm³/mol. The van der Waals surface area contributed by atoms with E-state index in [1.807, 2.05) is 53.2 Å². The predicted octanol–water partition coefficient (Wildman–Crippen LogP) is 0.492. The van der Waals surface area contributed by atoms with Crippen LogP contribution in [0.4, 0.5) is 0 Å². The van der Waals surface area contributed by atoms with Gasteiger partial charge in [0.2, 0.25) is 5.52 Å². The third-order valence-electron chi connectivity index (χ3n) is 3.49. The minimum Gasteiger partial charge on any atom is -1.00 e. The Morgan fingerprint density at radius 1 is 0.958 bits per heavy atom. The molecule has 126 valence electrons. The first-order chi connectivity index (χ1) is 10.7. The lowest BCUT2D eigenvalue weighted by molar-refractivity contribution is -0.655. The van der Waals surface area contributed by atoms with Crippen molar-refractivity contribution in [2.75, 3.05) is 0 Å². The molecule has 0 bridgehead atoms. The Morgan fingerprint density at radius 3 is 2.29 bits per heavy atom. The van der Waals surface area contributed by atoms with E-state index in [1.54, 1.807) is 12.1 Å². The molecule has 7 heteroatoms. The molecule has 4 nitrogen and oxygen atoms in total. The second kappa shape index (κ2) is 8.85. The number of pyridine rings is 1. The van der Waals surface area contributed by atoms with E-state index in [4.69, 9.17) is 23.2 Å². The first kappa shape index (κ1) is 20.2. The molecule has 0 aliphatic rings. The van der Waals surface area contributed by atoms with Crippen molar-refractivity contribution in [3.05, 3.63) is 76.4 Å². The largest absolute Gasteiger partial charge is 1.00 e. The number of benzene rings is 2. The van der Waals surface area contributed by atoms with Gasteiger partial charge in [0.25, 0.3) is 0 Å². The van der Waals surface area contributed by atoms with Crippen LogP contribution >= 0.6 is 23.2 Å². The highest BCUT2D eigenvalue weighted by atomic mass is 35.5. The van der Waals surface area contributed by atoms with Crippen molar-refractivity contribution in [2.45, 2.75) is 6.54 Å². The molecule has 0 saturated heterocycles. The fourth-order valence-electron chi connectivity index (χ4n) is 2.42. The Hall–Kier alpha value is -1.85. The Labute approximate surface area is 155 Å². The first-order valence-electron chi connectivity index (χ1n) is 6.73. The molecule has 0 radical (unpaired) electrons. The SMILES string of the molecule is O.O/N=C(/C[n+]1ccc(Cl)c2c(Cl)cccc21)c1ccccc1.[Cl-]. The molecule has 1 heterocycles. The number of rotatable bonds is 3. The molecule has 2 aromatic carbocycles. The van der Waals surface area contributed by atoms with Crippen LogP contribution in [0, 0.1) is 0 Å². The Morgan fingerprint density at radius 2 is 1.62 bits per heavy atom. The van der Waals surface area contributed by atoms with Gasteiger partial charge in [0, 0.05) is 17.7 Å². The van der Waals surface area contributed by atoms with Crippen molar-refractivity contribution in [3.63, 3.8) is 0 Å². The molecule has 0 unspecified atom stereocenters. The van der Waals surface area contributed by atoms with Crippen LogP contribution < -0.4 is 17.0 Å². The third kappa shape index (κ3) is 3.97. The molecule has 24 heavy (non-hydrogen) atoms. The maximum Gasteiger partial charge on any atom is 0.215 e.